The summed E-state index contributed by atoms with van der Waals surface area (Å²) in [6.45, 7) is 0. The molecule has 0 N–H and O–H groups in total. The highest BCUT2D eigenvalue weighted by Gasteiger charge is 2.17. The van der Waals surface area contributed by atoms with Crippen LogP contribution in [0.3, 0.4) is 0 Å². The molecule has 0 saturated carbocycles. The van der Waals surface area contributed by atoms with Gasteiger partial charge in [0.1, 0.15) is 0 Å². The average molecular weight is 389 g/mol. The van der Waals surface area contributed by atoms with E-state index < -0.39 is 4.92 Å². The predicted molar refractivity (Wildman–Crippen MR) is 75.5 cm³/mol. The molecular weight excluding hydrogens is 382 g/mol. The van der Waals surface area contributed by atoms with E-state index in [9.17, 15) is 10.1 Å². The number of rotatable bonds is 4. The Morgan fingerprint density at radius 2 is 2.00 bits per heavy atom. The number of benzene rings is 1. The minimum atomic E-state index is -0.521. The lowest BCUT2D eigenvalue weighted by Crippen LogP contribution is -1.96. The maximum absolute atomic E-state index is 10.9. The van der Waals surface area contributed by atoms with Crippen LogP contribution < -0.4 is 4.74 Å². The van der Waals surface area contributed by atoms with E-state index in [-0.39, 0.29) is 17.4 Å². The summed E-state index contributed by atoms with van der Waals surface area (Å²) in [4.78, 5) is 18.3. The largest absolute Gasteiger partial charge is 0.417 e. The third-order valence-corrected chi connectivity index (χ3v) is 3.30. The number of nitro groups is 1. The molecule has 1 aromatic carbocycles. The summed E-state index contributed by atoms with van der Waals surface area (Å²) in [6, 6.07) is 4.57. The van der Waals surface area contributed by atoms with E-state index in [1.54, 1.807) is 18.5 Å². The maximum Gasteiger partial charge on any atom is 0.322 e. The van der Waals surface area contributed by atoms with Gasteiger partial charge in [-0.2, -0.15) is 0 Å². The van der Waals surface area contributed by atoms with Crippen LogP contribution in [-0.4, -0.2) is 14.9 Å². The topological polar surface area (TPSA) is 78.2 Å². The van der Waals surface area contributed by atoms with Gasteiger partial charge >= 0.3 is 11.7 Å². The molecule has 0 amide bonds. The van der Waals surface area contributed by atoms with Crippen molar-refractivity contribution >= 4 is 37.5 Å². The van der Waals surface area contributed by atoms with E-state index in [2.05, 4.69) is 41.8 Å². The Kier molecular flexibility index (Phi) is 4.43. The Hall–Kier alpha value is -1.54. The van der Waals surface area contributed by atoms with Crippen LogP contribution in [0.15, 0.2) is 35.1 Å². The first-order valence-electron chi connectivity index (χ1n) is 5.09. The van der Waals surface area contributed by atoms with Gasteiger partial charge in [-0.3, -0.25) is 10.1 Å². The highest BCUT2D eigenvalue weighted by atomic mass is 79.9. The summed E-state index contributed by atoms with van der Waals surface area (Å²) < 4.78 is 5.92. The molecule has 0 unspecified atom stereocenters. The molecule has 0 atom stereocenters. The number of hydrogen-bond donors (Lipinski definition) is 0. The molecule has 0 radical (unpaired) electrons. The first-order chi connectivity index (χ1) is 9.10. The lowest BCUT2D eigenvalue weighted by Gasteiger charge is -2.05. The van der Waals surface area contributed by atoms with Crippen molar-refractivity contribution in [2.24, 2.45) is 0 Å². The predicted octanol–water partition coefficient (Wildman–Crippen LogP) is 3.83. The minimum absolute atomic E-state index is 0.0649. The molecule has 0 aliphatic heterocycles. The van der Waals surface area contributed by atoms with Crippen LogP contribution in [0.5, 0.6) is 11.8 Å². The molecule has 8 heteroatoms. The molecule has 1 heterocycles. The number of nitrogens with zero attached hydrogens (tertiary/aromatic N) is 3. The van der Waals surface area contributed by atoms with Crippen molar-refractivity contribution in [3.63, 3.8) is 0 Å². The van der Waals surface area contributed by atoms with E-state index in [0.29, 0.717) is 9.80 Å². The Morgan fingerprint density at radius 3 is 2.58 bits per heavy atom. The summed E-state index contributed by atoms with van der Waals surface area (Å²) in [5.74, 6) is 0.0970. The number of halogens is 2. The van der Waals surface area contributed by atoms with Gasteiger partial charge in [-0.25, -0.2) is 9.97 Å². The van der Waals surface area contributed by atoms with Crippen LogP contribution >= 0.6 is 31.9 Å². The van der Waals surface area contributed by atoms with Crippen molar-refractivity contribution in [2.45, 2.75) is 5.33 Å². The Labute approximate surface area is 125 Å². The maximum atomic E-state index is 10.9. The van der Waals surface area contributed by atoms with Crippen molar-refractivity contribution in [2.75, 3.05) is 0 Å². The average Bonchev–Trinajstić information content (AvgIpc) is 2.41. The smallest absolute Gasteiger partial charge is 0.322 e. The molecule has 0 spiro atoms. The molecule has 0 aliphatic rings. The van der Waals surface area contributed by atoms with Gasteiger partial charge in [-0.05, 0) is 17.7 Å². The van der Waals surface area contributed by atoms with E-state index in [1.165, 1.54) is 12.1 Å². The van der Waals surface area contributed by atoms with Gasteiger partial charge < -0.3 is 4.74 Å². The van der Waals surface area contributed by atoms with Crippen molar-refractivity contribution in [3.8, 4) is 11.8 Å². The van der Waals surface area contributed by atoms with Gasteiger partial charge in [-0.15, -0.1) is 0 Å². The molecule has 98 valence electrons. The molecule has 1 aromatic heterocycles. The van der Waals surface area contributed by atoms with E-state index in [0.717, 1.165) is 5.56 Å². The van der Waals surface area contributed by atoms with Gasteiger partial charge in [0.05, 0.1) is 4.92 Å². The van der Waals surface area contributed by atoms with Crippen LogP contribution in [0, 0.1) is 10.1 Å². The van der Waals surface area contributed by atoms with Gasteiger partial charge in [0.15, 0.2) is 0 Å². The summed E-state index contributed by atoms with van der Waals surface area (Å²) >= 11 is 6.44. The lowest BCUT2D eigenvalue weighted by atomic mass is 10.3. The van der Waals surface area contributed by atoms with Gasteiger partial charge in [-0.1, -0.05) is 31.9 Å². The van der Waals surface area contributed by atoms with Crippen molar-refractivity contribution in [3.05, 3.63) is 50.7 Å². The SMILES string of the molecule is O=[N+]([O-])c1cc(Br)ccc1Oc1ncc(CBr)cn1. The number of nitro benzene ring substituents is 1. The molecule has 6 nitrogen and oxygen atoms in total. The molecule has 0 fully saturated rings. The van der Waals surface area contributed by atoms with Crippen molar-refractivity contribution in [1.29, 1.82) is 0 Å². The normalized spacial score (nSPS) is 10.2. The third kappa shape index (κ3) is 3.48. The first kappa shape index (κ1) is 13.9. The van der Waals surface area contributed by atoms with Crippen LogP contribution in [0.2, 0.25) is 0 Å². The monoisotopic (exact) mass is 387 g/mol. The Balaban J connectivity index is 2.29. The van der Waals surface area contributed by atoms with E-state index in [1.807, 2.05) is 0 Å². The summed E-state index contributed by atoms with van der Waals surface area (Å²) in [6.07, 6.45) is 3.17. The molecule has 0 aliphatic carbocycles. The molecule has 0 bridgehead atoms. The Morgan fingerprint density at radius 1 is 1.32 bits per heavy atom. The van der Waals surface area contributed by atoms with Crippen LogP contribution in [0.4, 0.5) is 5.69 Å². The fraction of sp³-hybridized carbons (Fsp3) is 0.0909. The second kappa shape index (κ2) is 6.07. The summed E-state index contributed by atoms with van der Waals surface area (Å²) in [7, 11) is 0. The van der Waals surface area contributed by atoms with Gasteiger partial charge in [0, 0.05) is 28.3 Å². The number of ether oxygens (including phenoxy) is 1. The summed E-state index contributed by atoms with van der Waals surface area (Å²) in [5.41, 5.74) is 0.736. The lowest BCUT2D eigenvalue weighted by molar-refractivity contribution is -0.385. The number of hydrogen-bond acceptors (Lipinski definition) is 5. The zero-order chi connectivity index (χ0) is 13.8. The molecule has 2 aromatic rings. The van der Waals surface area contributed by atoms with E-state index >= 15 is 0 Å². The molecular formula is C11H7Br2N3O3. The molecule has 0 saturated heterocycles. The highest BCUT2D eigenvalue weighted by Crippen LogP contribution is 2.32. The third-order valence-electron chi connectivity index (χ3n) is 2.15. The second-order valence-corrected chi connectivity index (χ2v) is 4.96. The standard InChI is InChI=1S/C11H7Br2N3O3/c12-4-7-5-14-11(15-6-7)19-10-2-1-8(13)3-9(10)16(17)18/h1-3,5-6H,4H2. The van der Waals surface area contributed by atoms with E-state index in [4.69, 9.17) is 4.74 Å². The second-order valence-electron chi connectivity index (χ2n) is 3.48. The van der Waals surface area contributed by atoms with Crippen molar-refractivity contribution < 1.29 is 9.66 Å². The molecule has 2 rings (SSSR count). The van der Waals surface area contributed by atoms with Crippen LogP contribution in [0.25, 0.3) is 0 Å². The Bertz CT molecular complexity index is 605. The van der Waals surface area contributed by atoms with Crippen molar-refractivity contribution in [1.82, 2.24) is 9.97 Å². The minimum Gasteiger partial charge on any atom is -0.417 e. The molecule has 19 heavy (non-hydrogen) atoms. The van der Waals surface area contributed by atoms with Gasteiger partial charge in [0.25, 0.3) is 0 Å². The number of aromatic nitrogens is 2. The van der Waals surface area contributed by atoms with Gasteiger partial charge in [0.2, 0.25) is 5.75 Å². The number of alkyl halides is 1. The highest BCUT2D eigenvalue weighted by molar-refractivity contribution is 9.10. The zero-order valence-corrected chi connectivity index (χ0v) is 12.6. The summed E-state index contributed by atoms with van der Waals surface area (Å²) in [5, 5.41) is 11.6. The van der Waals surface area contributed by atoms with Crippen LogP contribution in [0.1, 0.15) is 5.56 Å². The quantitative estimate of drug-likeness (QED) is 0.451. The first-order valence-corrected chi connectivity index (χ1v) is 7.00. The zero-order valence-electron chi connectivity index (χ0n) is 9.42. The fourth-order valence-corrected chi connectivity index (χ4v) is 1.92. The fourth-order valence-electron chi connectivity index (χ4n) is 1.28. The van der Waals surface area contributed by atoms with Crippen LogP contribution in [-0.2, 0) is 5.33 Å².